The van der Waals surface area contributed by atoms with Crippen LogP contribution in [0.15, 0.2) is 42.5 Å². The SMILES string of the molecule is CNc1ccc(-c2ccc3c(c2)CCCN3)cc1. The maximum Gasteiger partial charge on any atom is 0.0373 e. The lowest BCUT2D eigenvalue weighted by atomic mass is 9.97. The number of fused-ring (bicyclic) bond motifs is 1. The molecule has 18 heavy (non-hydrogen) atoms. The summed E-state index contributed by atoms with van der Waals surface area (Å²) in [5.41, 5.74) is 6.48. The Bertz CT molecular complexity index is 544. The zero-order chi connectivity index (χ0) is 12.4. The van der Waals surface area contributed by atoms with E-state index in [2.05, 4.69) is 53.1 Å². The Morgan fingerprint density at radius 3 is 2.56 bits per heavy atom. The van der Waals surface area contributed by atoms with Gasteiger partial charge in [-0.15, -0.1) is 0 Å². The van der Waals surface area contributed by atoms with E-state index >= 15 is 0 Å². The van der Waals surface area contributed by atoms with Crippen molar-refractivity contribution in [2.45, 2.75) is 12.8 Å². The van der Waals surface area contributed by atoms with Gasteiger partial charge >= 0.3 is 0 Å². The van der Waals surface area contributed by atoms with Crippen LogP contribution in [-0.2, 0) is 6.42 Å². The van der Waals surface area contributed by atoms with Gasteiger partial charge in [-0.3, -0.25) is 0 Å². The van der Waals surface area contributed by atoms with E-state index in [4.69, 9.17) is 0 Å². The third-order valence-electron chi connectivity index (χ3n) is 3.55. The lowest BCUT2D eigenvalue weighted by molar-refractivity contribution is 0.830. The standard InChI is InChI=1S/C16H18N2/c1-17-15-7-4-12(5-8-15)13-6-9-16-14(11-13)3-2-10-18-16/h4-9,11,17-18H,2-3,10H2,1H3. The molecule has 0 bridgehead atoms. The van der Waals surface area contributed by atoms with E-state index in [0.29, 0.717) is 0 Å². The number of hydrogen-bond donors (Lipinski definition) is 2. The fourth-order valence-corrected chi connectivity index (χ4v) is 2.48. The van der Waals surface area contributed by atoms with Gasteiger partial charge < -0.3 is 10.6 Å². The minimum atomic E-state index is 1.10. The minimum Gasteiger partial charge on any atom is -0.388 e. The quantitative estimate of drug-likeness (QED) is 0.832. The van der Waals surface area contributed by atoms with Crippen molar-refractivity contribution < 1.29 is 0 Å². The maximum absolute atomic E-state index is 3.45. The lowest BCUT2D eigenvalue weighted by Gasteiger charge is -2.18. The second-order valence-electron chi connectivity index (χ2n) is 4.73. The molecule has 2 nitrogen and oxygen atoms in total. The molecule has 2 heteroatoms. The van der Waals surface area contributed by atoms with E-state index < -0.39 is 0 Å². The van der Waals surface area contributed by atoms with E-state index in [1.54, 1.807) is 0 Å². The van der Waals surface area contributed by atoms with Crippen LogP contribution in [0.4, 0.5) is 11.4 Å². The second kappa shape index (κ2) is 4.73. The summed E-state index contributed by atoms with van der Waals surface area (Å²) in [7, 11) is 1.94. The van der Waals surface area contributed by atoms with E-state index in [9.17, 15) is 0 Å². The van der Waals surface area contributed by atoms with Crippen LogP contribution in [0, 0.1) is 0 Å². The molecule has 2 aromatic rings. The van der Waals surface area contributed by atoms with Crippen LogP contribution in [-0.4, -0.2) is 13.6 Å². The van der Waals surface area contributed by atoms with Crippen molar-refractivity contribution >= 4 is 11.4 Å². The summed E-state index contributed by atoms with van der Waals surface area (Å²) in [6, 6.07) is 15.3. The van der Waals surface area contributed by atoms with Crippen LogP contribution in [0.1, 0.15) is 12.0 Å². The summed E-state index contributed by atoms with van der Waals surface area (Å²) in [6.45, 7) is 1.10. The Balaban J connectivity index is 1.95. The summed E-state index contributed by atoms with van der Waals surface area (Å²) in [6.07, 6.45) is 2.42. The number of anilines is 2. The third-order valence-corrected chi connectivity index (χ3v) is 3.55. The van der Waals surface area contributed by atoms with Crippen molar-refractivity contribution in [2.24, 2.45) is 0 Å². The van der Waals surface area contributed by atoms with Crippen molar-refractivity contribution in [1.29, 1.82) is 0 Å². The van der Waals surface area contributed by atoms with Crippen LogP contribution in [0.2, 0.25) is 0 Å². The molecule has 0 radical (unpaired) electrons. The van der Waals surface area contributed by atoms with Gasteiger partial charge in [0.05, 0.1) is 0 Å². The maximum atomic E-state index is 3.45. The first kappa shape index (κ1) is 11.1. The molecule has 92 valence electrons. The molecule has 1 aliphatic heterocycles. The highest BCUT2D eigenvalue weighted by atomic mass is 14.9. The Morgan fingerprint density at radius 1 is 1.00 bits per heavy atom. The van der Waals surface area contributed by atoms with Gasteiger partial charge in [0.25, 0.3) is 0 Å². The first-order chi connectivity index (χ1) is 8.86. The molecule has 0 aliphatic carbocycles. The molecule has 2 aromatic carbocycles. The summed E-state index contributed by atoms with van der Waals surface area (Å²) >= 11 is 0. The lowest BCUT2D eigenvalue weighted by Crippen LogP contribution is -2.11. The number of rotatable bonds is 2. The molecule has 3 rings (SSSR count). The topological polar surface area (TPSA) is 24.1 Å². The zero-order valence-corrected chi connectivity index (χ0v) is 10.7. The molecule has 1 aliphatic rings. The average Bonchev–Trinajstić information content (AvgIpc) is 2.47. The molecule has 0 fully saturated rings. The summed E-state index contributed by atoms with van der Waals surface area (Å²) in [5.74, 6) is 0. The molecule has 0 aromatic heterocycles. The van der Waals surface area contributed by atoms with Gasteiger partial charge in [0.1, 0.15) is 0 Å². The van der Waals surface area contributed by atoms with Crippen LogP contribution in [0.5, 0.6) is 0 Å². The summed E-state index contributed by atoms with van der Waals surface area (Å²) in [5, 5.41) is 6.60. The van der Waals surface area contributed by atoms with Gasteiger partial charge in [-0.2, -0.15) is 0 Å². The molecule has 0 amide bonds. The molecule has 2 N–H and O–H groups in total. The molecular formula is C16H18N2. The number of aryl methyl sites for hydroxylation is 1. The molecule has 0 saturated carbocycles. The van der Waals surface area contributed by atoms with Crippen LogP contribution >= 0.6 is 0 Å². The van der Waals surface area contributed by atoms with Crippen molar-refractivity contribution in [2.75, 3.05) is 24.2 Å². The highest BCUT2D eigenvalue weighted by molar-refractivity contribution is 5.70. The molecular weight excluding hydrogens is 220 g/mol. The van der Waals surface area contributed by atoms with E-state index in [-0.39, 0.29) is 0 Å². The highest BCUT2D eigenvalue weighted by Gasteiger charge is 2.09. The van der Waals surface area contributed by atoms with E-state index in [1.165, 1.54) is 35.2 Å². The largest absolute Gasteiger partial charge is 0.388 e. The highest BCUT2D eigenvalue weighted by Crippen LogP contribution is 2.28. The van der Waals surface area contributed by atoms with E-state index in [1.807, 2.05) is 7.05 Å². The number of benzene rings is 2. The third kappa shape index (κ3) is 2.06. The predicted molar refractivity (Wildman–Crippen MR) is 78.2 cm³/mol. The normalized spacial score (nSPS) is 13.6. The summed E-state index contributed by atoms with van der Waals surface area (Å²) < 4.78 is 0. The Labute approximate surface area is 108 Å². The molecule has 0 saturated heterocycles. The van der Waals surface area contributed by atoms with Gasteiger partial charge in [-0.25, -0.2) is 0 Å². The van der Waals surface area contributed by atoms with Crippen LogP contribution in [0.25, 0.3) is 11.1 Å². The van der Waals surface area contributed by atoms with Crippen molar-refractivity contribution in [3.05, 3.63) is 48.0 Å². The van der Waals surface area contributed by atoms with Crippen LogP contribution in [0.3, 0.4) is 0 Å². The fraction of sp³-hybridized carbons (Fsp3) is 0.250. The average molecular weight is 238 g/mol. The first-order valence-electron chi connectivity index (χ1n) is 6.52. The van der Waals surface area contributed by atoms with Gasteiger partial charge in [0, 0.05) is 25.0 Å². The summed E-state index contributed by atoms with van der Waals surface area (Å²) in [4.78, 5) is 0. The van der Waals surface area contributed by atoms with Gasteiger partial charge in [-0.05, 0) is 53.8 Å². The van der Waals surface area contributed by atoms with Crippen molar-refractivity contribution in [3.63, 3.8) is 0 Å². The minimum absolute atomic E-state index is 1.10. The van der Waals surface area contributed by atoms with Gasteiger partial charge in [-0.1, -0.05) is 18.2 Å². The van der Waals surface area contributed by atoms with E-state index in [0.717, 1.165) is 12.2 Å². The Morgan fingerprint density at radius 2 is 1.78 bits per heavy atom. The molecule has 1 heterocycles. The number of hydrogen-bond acceptors (Lipinski definition) is 2. The van der Waals surface area contributed by atoms with Crippen molar-refractivity contribution in [3.8, 4) is 11.1 Å². The van der Waals surface area contributed by atoms with Crippen LogP contribution < -0.4 is 10.6 Å². The van der Waals surface area contributed by atoms with Gasteiger partial charge in [0.15, 0.2) is 0 Å². The fourth-order valence-electron chi connectivity index (χ4n) is 2.48. The first-order valence-corrected chi connectivity index (χ1v) is 6.52. The zero-order valence-electron chi connectivity index (χ0n) is 10.7. The van der Waals surface area contributed by atoms with Gasteiger partial charge in [0.2, 0.25) is 0 Å². The van der Waals surface area contributed by atoms with Crippen molar-refractivity contribution in [1.82, 2.24) is 0 Å². The molecule has 0 unspecified atom stereocenters. The second-order valence-corrected chi connectivity index (χ2v) is 4.73. The molecule has 0 atom stereocenters. The number of nitrogens with one attached hydrogen (secondary N) is 2. The predicted octanol–water partition coefficient (Wildman–Crippen LogP) is 3.75. The molecule has 0 spiro atoms. The smallest absolute Gasteiger partial charge is 0.0373 e. The Hall–Kier alpha value is -1.96. The Kier molecular flexibility index (Phi) is 2.93. The monoisotopic (exact) mass is 238 g/mol.